The molecular weight excluding hydrogens is 508 g/mol. The van der Waals surface area contributed by atoms with E-state index in [4.69, 9.17) is 28.3 Å². The SMILES string of the molecule is O=C(Nc1ccc(C(F)(F)F)c(Cl)c1)N1CC=C(c2ncc(C(F)(F)[C@@H](O)CO)cc2Cl)CC1. The third kappa shape index (κ3) is 5.60. The summed E-state index contributed by atoms with van der Waals surface area (Å²) in [6.07, 6.45) is -4.17. The number of halogens is 7. The molecule has 1 atom stereocenters. The van der Waals surface area contributed by atoms with Crippen LogP contribution in [0.3, 0.4) is 0 Å². The van der Waals surface area contributed by atoms with Crippen LogP contribution in [-0.4, -0.2) is 51.9 Å². The summed E-state index contributed by atoms with van der Waals surface area (Å²) in [5, 5.41) is 19.9. The van der Waals surface area contributed by atoms with Gasteiger partial charge in [0, 0.05) is 30.5 Å². The first-order valence-corrected chi connectivity index (χ1v) is 10.5. The molecule has 0 bridgehead atoms. The minimum Gasteiger partial charge on any atom is -0.393 e. The third-order valence-electron chi connectivity index (χ3n) is 5.14. The number of alkyl halides is 5. The molecule has 13 heteroatoms. The van der Waals surface area contributed by atoms with Crippen molar-refractivity contribution in [3.8, 4) is 0 Å². The van der Waals surface area contributed by atoms with Gasteiger partial charge in [-0.3, -0.25) is 4.98 Å². The standard InChI is InChI=1S/C21H18Cl2F5N3O3/c22-15-8-13(1-2-14(15)21(26,27)28)30-19(34)31-5-3-11(4-6-31)18-16(23)7-12(9-29-18)20(24,25)17(33)10-32/h1-3,7-9,17,32-33H,4-6,10H2,(H,30,34)/t17-/m0/s1. The summed E-state index contributed by atoms with van der Waals surface area (Å²) < 4.78 is 66.6. The van der Waals surface area contributed by atoms with Gasteiger partial charge in [-0.2, -0.15) is 22.0 Å². The van der Waals surface area contributed by atoms with Gasteiger partial charge < -0.3 is 20.4 Å². The smallest absolute Gasteiger partial charge is 0.393 e. The van der Waals surface area contributed by atoms with Crippen LogP contribution in [0.15, 0.2) is 36.5 Å². The average Bonchev–Trinajstić information content (AvgIpc) is 2.77. The highest BCUT2D eigenvalue weighted by atomic mass is 35.5. The van der Waals surface area contributed by atoms with Gasteiger partial charge in [-0.15, -0.1) is 0 Å². The molecule has 0 saturated heterocycles. The fourth-order valence-electron chi connectivity index (χ4n) is 3.26. The number of urea groups is 1. The summed E-state index contributed by atoms with van der Waals surface area (Å²) in [5.41, 5.74) is -0.755. The Hall–Kier alpha value is -2.47. The van der Waals surface area contributed by atoms with Gasteiger partial charge in [0.2, 0.25) is 0 Å². The van der Waals surface area contributed by atoms with E-state index in [1.807, 2.05) is 0 Å². The number of aliphatic hydroxyl groups is 2. The number of aliphatic hydroxyl groups excluding tert-OH is 2. The van der Waals surface area contributed by atoms with Gasteiger partial charge in [0.1, 0.15) is 6.10 Å². The van der Waals surface area contributed by atoms with Gasteiger partial charge in [-0.1, -0.05) is 29.3 Å². The molecule has 1 aliphatic rings. The summed E-state index contributed by atoms with van der Waals surface area (Å²) in [6, 6.07) is 3.25. The Morgan fingerprint density at radius 3 is 2.41 bits per heavy atom. The fourth-order valence-corrected chi connectivity index (χ4v) is 3.83. The zero-order valence-corrected chi connectivity index (χ0v) is 18.7. The molecule has 1 aromatic heterocycles. The predicted molar refractivity (Wildman–Crippen MR) is 116 cm³/mol. The quantitative estimate of drug-likeness (QED) is 0.470. The van der Waals surface area contributed by atoms with E-state index in [2.05, 4.69) is 10.3 Å². The average molecular weight is 526 g/mol. The van der Waals surface area contributed by atoms with E-state index in [0.29, 0.717) is 5.57 Å². The van der Waals surface area contributed by atoms with Crippen LogP contribution in [0, 0.1) is 0 Å². The van der Waals surface area contributed by atoms with Crippen LogP contribution in [0.1, 0.15) is 23.2 Å². The number of nitrogens with zero attached hydrogens (tertiary/aromatic N) is 2. The molecule has 0 aliphatic carbocycles. The number of carbonyl (C=O) groups excluding carboxylic acids is 1. The lowest BCUT2D eigenvalue weighted by Gasteiger charge is -2.27. The summed E-state index contributed by atoms with van der Waals surface area (Å²) in [6.45, 7) is -0.839. The fraction of sp³-hybridized carbons (Fsp3) is 0.333. The molecule has 0 spiro atoms. The molecular formula is C21H18Cl2F5N3O3. The maximum Gasteiger partial charge on any atom is 0.417 e. The van der Waals surface area contributed by atoms with Crippen LogP contribution < -0.4 is 5.32 Å². The molecule has 0 saturated carbocycles. The lowest BCUT2D eigenvalue weighted by molar-refractivity contribution is -0.137. The summed E-state index contributed by atoms with van der Waals surface area (Å²) in [5.74, 6) is -3.75. The maximum atomic E-state index is 14.1. The first-order valence-electron chi connectivity index (χ1n) is 9.79. The highest BCUT2D eigenvalue weighted by molar-refractivity contribution is 6.32. The lowest BCUT2D eigenvalue weighted by Crippen LogP contribution is -2.38. The zero-order valence-electron chi connectivity index (χ0n) is 17.2. The Morgan fingerprint density at radius 2 is 1.88 bits per heavy atom. The van der Waals surface area contributed by atoms with Gasteiger partial charge in [-0.25, -0.2) is 4.79 Å². The number of amides is 2. The van der Waals surface area contributed by atoms with Crippen LogP contribution in [-0.2, 0) is 12.1 Å². The normalized spacial score (nSPS) is 15.7. The monoisotopic (exact) mass is 525 g/mol. The first kappa shape index (κ1) is 26.1. The van der Waals surface area contributed by atoms with Crippen LogP contribution in [0.2, 0.25) is 10.0 Å². The number of hydrogen-bond acceptors (Lipinski definition) is 4. The molecule has 34 heavy (non-hydrogen) atoms. The van der Waals surface area contributed by atoms with Crippen molar-refractivity contribution in [3.05, 3.63) is 63.4 Å². The molecule has 1 aliphatic heterocycles. The second kappa shape index (κ2) is 10.0. The highest BCUT2D eigenvalue weighted by Gasteiger charge is 2.41. The number of pyridine rings is 1. The van der Waals surface area contributed by atoms with Crippen molar-refractivity contribution in [1.29, 1.82) is 0 Å². The van der Waals surface area contributed by atoms with Gasteiger partial charge >= 0.3 is 18.1 Å². The molecule has 2 heterocycles. The van der Waals surface area contributed by atoms with Crippen molar-refractivity contribution in [2.75, 3.05) is 25.0 Å². The number of nitrogens with one attached hydrogen (secondary N) is 1. The molecule has 2 aromatic rings. The van der Waals surface area contributed by atoms with E-state index in [1.54, 1.807) is 6.08 Å². The van der Waals surface area contributed by atoms with E-state index in [9.17, 15) is 31.9 Å². The van der Waals surface area contributed by atoms with Crippen molar-refractivity contribution in [3.63, 3.8) is 0 Å². The molecule has 0 radical (unpaired) electrons. The summed E-state index contributed by atoms with van der Waals surface area (Å²) in [4.78, 5) is 17.8. The Morgan fingerprint density at radius 1 is 1.18 bits per heavy atom. The number of rotatable bonds is 5. The van der Waals surface area contributed by atoms with E-state index < -0.39 is 47.0 Å². The lowest BCUT2D eigenvalue weighted by atomic mass is 10.0. The number of anilines is 1. The Balaban J connectivity index is 1.68. The van der Waals surface area contributed by atoms with Crippen LogP contribution >= 0.6 is 23.2 Å². The van der Waals surface area contributed by atoms with Gasteiger partial charge in [0.15, 0.2) is 0 Å². The van der Waals surface area contributed by atoms with Crippen molar-refractivity contribution in [2.24, 2.45) is 0 Å². The number of hydrogen-bond donors (Lipinski definition) is 3. The predicted octanol–water partition coefficient (Wildman–Crippen LogP) is 5.17. The zero-order chi connectivity index (χ0) is 25.3. The number of aromatic nitrogens is 1. The minimum atomic E-state index is -4.62. The van der Waals surface area contributed by atoms with Gasteiger partial charge in [-0.05, 0) is 36.3 Å². The third-order valence-corrected chi connectivity index (χ3v) is 5.74. The Bertz CT molecular complexity index is 1110. The molecule has 1 aromatic carbocycles. The molecule has 6 nitrogen and oxygen atoms in total. The second-order valence-electron chi connectivity index (χ2n) is 7.42. The van der Waals surface area contributed by atoms with Crippen LogP contribution in [0.5, 0.6) is 0 Å². The largest absolute Gasteiger partial charge is 0.417 e. The Kier molecular flexibility index (Phi) is 7.71. The van der Waals surface area contributed by atoms with E-state index in [-0.39, 0.29) is 35.9 Å². The van der Waals surface area contributed by atoms with Crippen molar-refractivity contribution >= 4 is 40.5 Å². The van der Waals surface area contributed by atoms with Gasteiger partial charge in [0.05, 0.1) is 27.9 Å². The van der Waals surface area contributed by atoms with Crippen molar-refractivity contribution in [1.82, 2.24) is 9.88 Å². The highest BCUT2D eigenvalue weighted by Crippen LogP contribution is 2.37. The molecule has 0 fully saturated rings. The van der Waals surface area contributed by atoms with Crippen LogP contribution in [0.4, 0.5) is 32.4 Å². The molecule has 3 N–H and O–H groups in total. The second-order valence-corrected chi connectivity index (χ2v) is 8.24. The Labute approximate surface area is 200 Å². The van der Waals surface area contributed by atoms with E-state index in [0.717, 1.165) is 30.5 Å². The van der Waals surface area contributed by atoms with E-state index >= 15 is 0 Å². The first-order chi connectivity index (χ1) is 15.8. The van der Waals surface area contributed by atoms with Crippen LogP contribution in [0.25, 0.3) is 5.57 Å². The van der Waals surface area contributed by atoms with E-state index in [1.165, 1.54) is 4.90 Å². The molecule has 184 valence electrons. The van der Waals surface area contributed by atoms with Gasteiger partial charge in [0.25, 0.3) is 0 Å². The maximum absolute atomic E-state index is 14.1. The summed E-state index contributed by atoms with van der Waals surface area (Å²) >= 11 is 11.8. The number of benzene rings is 1. The summed E-state index contributed by atoms with van der Waals surface area (Å²) in [7, 11) is 0. The molecule has 3 rings (SSSR count). The number of carbonyl (C=O) groups is 1. The minimum absolute atomic E-state index is 0.0871. The topological polar surface area (TPSA) is 85.7 Å². The van der Waals surface area contributed by atoms with Crippen molar-refractivity contribution < 1.29 is 37.0 Å². The molecule has 0 unspecified atom stereocenters. The van der Waals surface area contributed by atoms with Crippen molar-refractivity contribution in [2.45, 2.75) is 24.6 Å². The molecule has 2 amide bonds.